The summed E-state index contributed by atoms with van der Waals surface area (Å²) in [5.41, 5.74) is 0. The highest BCUT2D eigenvalue weighted by Gasteiger charge is 2.16. The molecular formula is C15H19NO4S. The Bertz CT molecular complexity index is 474. The quantitative estimate of drug-likeness (QED) is 0.668. The molecule has 0 N–H and O–H groups in total. The molecule has 21 heavy (non-hydrogen) atoms. The summed E-state index contributed by atoms with van der Waals surface area (Å²) in [5.74, 6) is 0.702. The first-order valence-corrected chi connectivity index (χ1v) is 7.57. The Balaban J connectivity index is 1.92. The summed E-state index contributed by atoms with van der Waals surface area (Å²) < 4.78 is 15.5. The van der Waals surface area contributed by atoms with Crippen LogP contribution in [0.25, 0.3) is 0 Å². The fourth-order valence-corrected chi connectivity index (χ4v) is 2.53. The first-order chi connectivity index (χ1) is 10.3. The first kappa shape index (κ1) is 15.8. The first-order valence-electron chi connectivity index (χ1n) is 6.69. The SMILES string of the molecule is COCCOCC(=O)N(Cc1ccco1)Cc1cccs1. The smallest absolute Gasteiger partial charge is 0.249 e. The van der Waals surface area contributed by atoms with Crippen molar-refractivity contribution >= 4 is 17.2 Å². The fourth-order valence-electron chi connectivity index (χ4n) is 1.81. The predicted octanol–water partition coefficient (Wildman–Crippen LogP) is 2.53. The Morgan fingerprint density at radius 1 is 1.29 bits per heavy atom. The number of carbonyl (C=O) groups is 1. The Hall–Kier alpha value is -1.63. The Morgan fingerprint density at radius 2 is 2.19 bits per heavy atom. The van der Waals surface area contributed by atoms with E-state index in [1.807, 2.05) is 29.6 Å². The van der Waals surface area contributed by atoms with Crippen LogP contribution in [-0.2, 0) is 27.4 Å². The highest BCUT2D eigenvalue weighted by Crippen LogP contribution is 2.15. The van der Waals surface area contributed by atoms with Crippen LogP contribution in [0, 0.1) is 0 Å². The highest BCUT2D eigenvalue weighted by atomic mass is 32.1. The lowest BCUT2D eigenvalue weighted by Gasteiger charge is -2.21. The molecular weight excluding hydrogens is 290 g/mol. The van der Waals surface area contributed by atoms with Gasteiger partial charge >= 0.3 is 0 Å². The maximum atomic E-state index is 12.3. The lowest BCUT2D eigenvalue weighted by molar-refractivity contribution is -0.138. The second-order valence-corrected chi connectivity index (χ2v) is 5.49. The zero-order valence-electron chi connectivity index (χ0n) is 12.0. The number of amides is 1. The predicted molar refractivity (Wildman–Crippen MR) is 80.0 cm³/mol. The van der Waals surface area contributed by atoms with Crippen molar-refractivity contribution in [2.24, 2.45) is 0 Å². The van der Waals surface area contributed by atoms with Crippen LogP contribution in [0.15, 0.2) is 40.3 Å². The average Bonchev–Trinajstić information content (AvgIpc) is 3.16. The third-order valence-corrected chi connectivity index (χ3v) is 3.72. The Labute approximate surface area is 128 Å². The summed E-state index contributed by atoms with van der Waals surface area (Å²) in [6.07, 6.45) is 1.61. The van der Waals surface area contributed by atoms with Gasteiger partial charge in [-0.05, 0) is 23.6 Å². The third-order valence-electron chi connectivity index (χ3n) is 2.86. The molecule has 0 atom stereocenters. The van der Waals surface area contributed by atoms with Gasteiger partial charge in [0.2, 0.25) is 5.91 Å². The van der Waals surface area contributed by atoms with E-state index in [9.17, 15) is 4.79 Å². The van der Waals surface area contributed by atoms with Crippen molar-refractivity contribution in [2.75, 3.05) is 26.9 Å². The number of thiophene rings is 1. The number of nitrogens with zero attached hydrogens (tertiary/aromatic N) is 1. The van der Waals surface area contributed by atoms with Crippen molar-refractivity contribution in [1.82, 2.24) is 4.90 Å². The van der Waals surface area contributed by atoms with Gasteiger partial charge in [0.25, 0.3) is 0 Å². The zero-order valence-corrected chi connectivity index (χ0v) is 12.8. The molecule has 114 valence electrons. The molecule has 5 nitrogen and oxygen atoms in total. The van der Waals surface area contributed by atoms with Crippen molar-refractivity contribution in [3.05, 3.63) is 46.5 Å². The van der Waals surface area contributed by atoms with Gasteiger partial charge in [-0.3, -0.25) is 4.79 Å². The normalized spacial score (nSPS) is 10.7. The number of carbonyl (C=O) groups excluding carboxylic acids is 1. The lowest BCUT2D eigenvalue weighted by Crippen LogP contribution is -2.33. The summed E-state index contributed by atoms with van der Waals surface area (Å²) in [6.45, 7) is 1.95. The molecule has 0 aliphatic carbocycles. The second-order valence-electron chi connectivity index (χ2n) is 4.45. The number of ether oxygens (including phenoxy) is 2. The van der Waals surface area contributed by atoms with E-state index in [1.54, 1.807) is 29.6 Å². The highest BCUT2D eigenvalue weighted by molar-refractivity contribution is 7.09. The van der Waals surface area contributed by atoms with Crippen LogP contribution in [0.4, 0.5) is 0 Å². The van der Waals surface area contributed by atoms with Crippen LogP contribution in [-0.4, -0.2) is 37.7 Å². The van der Waals surface area contributed by atoms with E-state index in [0.717, 1.165) is 10.6 Å². The minimum atomic E-state index is -0.0593. The minimum absolute atomic E-state index is 0.0510. The van der Waals surface area contributed by atoms with Crippen LogP contribution in [0.5, 0.6) is 0 Å². The van der Waals surface area contributed by atoms with Gasteiger partial charge in [-0.2, -0.15) is 0 Å². The molecule has 2 heterocycles. The molecule has 0 fully saturated rings. The molecule has 0 aliphatic rings. The van der Waals surface area contributed by atoms with Gasteiger partial charge < -0.3 is 18.8 Å². The van der Waals surface area contributed by atoms with Gasteiger partial charge in [0.05, 0.1) is 32.6 Å². The van der Waals surface area contributed by atoms with E-state index < -0.39 is 0 Å². The summed E-state index contributed by atoms with van der Waals surface area (Å²) >= 11 is 1.63. The monoisotopic (exact) mass is 309 g/mol. The summed E-state index contributed by atoms with van der Waals surface area (Å²) in [4.78, 5) is 15.1. The standard InChI is InChI=1S/C15H19NO4S/c1-18-7-8-19-12-15(17)16(10-13-4-2-6-20-13)11-14-5-3-9-21-14/h2-6,9H,7-8,10-12H2,1H3. The molecule has 0 aliphatic heterocycles. The van der Waals surface area contributed by atoms with Crippen molar-refractivity contribution < 1.29 is 18.7 Å². The number of furan rings is 1. The van der Waals surface area contributed by atoms with E-state index in [1.165, 1.54) is 0 Å². The second kappa shape index (κ2) is 8.61. The molecule has 0 aromatic carbocycles. The Morgan fingerprint density at radius 3 is 2.86 bits per heavy atom. The summed E-state index contributed by atoms with van der Waals surface area (Å²) in [7, 11) is 1.60. The van der Waals surface area contributed by atoms with Gasteiger partial charge in [-0.25, -0.2) is 0 Å². The molecule has 2 aromatic rings. The molecule has 0 saturated carbocycles. The van der Waals surface area contributed by atoms with E-state index >= 15 is 0 Å². The average molecular weight is 309 g/mol. The molecule has 6 heteroatoms. The number of methoxy groups -OCH3 is 1. The number of hydrogen-bond acceptors (Lipinski definition) is 5. The van der Waals surface area contributed by atoms with Crippen molar-refractivity contribution in [1.29, 1.82) is 0 Å². The van der Waals surface area contributed by atoms with E-state index in [2.05, 4.69) is 0 Å². The molecule has 0 unspecified atom stereocenters. The van der Waals surface area contributed by atoms with Gasteiger partial charge in [-0.15, -0.1) is 11.3 Å². The van der Waals surface area contributed by atoms with Crippen molar-refractivity contribution in [3.8, 4) is 0 Å². The molecule has 1 amide bonds. The lowest BCUT2D eigenvalue weighted by atomic mass is 10.3. The van der Waals surface area contributed by atoms with Gasteiger partial charge in [0.1, 0.15) is 12.4 Å². The van der Waals surface area contributed by atoms with Crippen LogP contribution < -0.4 is 0 Å². The third kappa shape index (κ3) is 5.34. The summed E-state index contributed by atoms with van der Waals surface area (Å²) in [5, 5.41) is 2.00. The molecule has 0 radical (unpaired) electrons. The number of rotatable bonds is 9. The molecule has 2 rings (SSSR count). The molecule has 0 bridgehead atoms. The van der Waals surface area contributed by atoms with Crippen molar-refractivity contribution in [3.63, 3.8) is 0 Å². The van der Waals surface area contributed by atoms with E-state index in [0.29, 0.717) is 26.3 Å². The molecule has 2 aromatic heterocycles. The van der Waals surface area contributed by atoms with E-state index in [4.69, 9.17) is 13.9 Å². The maximum absolute atomic E-state index is 12.3. The van der Waals surface area contributed by atoms with Crippen LogP contribution in [0.3, 0.4) is 0 Å². The van der Waals surface area contributed by atoms with Crippen LogP contribution in [0.1, 0.15) is 10.6 Å². The largest absolute Gasteiger partial charge is 0.467 e. The molecule has 0 spiro atoms. The van der Waals surface area contributed by atoms with Gasteiger partial charge in [0.15, 0.2) is 0 Å². The molecule has 0 saturated heterocycles. The minimum Gasteiger partial charge on any atom is -0.467 e. The van der Waals surface area contributed by atoms with Gasteiger partial charge in [-0.1, -0.05) is 6.07 Å². The van der Waals surface area contributed by atoms with Crippen molar-refractivity contribution in [2.45, 2.75) is 13.1 Å². The fraction of sp³-hybridized carbons (Fsp3) is 0.400. The zero-order chi connectivity index (χ0) is 14.9. The van der Waals surface area contributed by atoms with Gasteiger partial charge in [0, 0.05) is 12.0 Å². The number of hydrogen-bond donors (Lipinski definition) is 0. The van der Waals surface area contributed by atoms with Crippen LogP contribution >= 0.6 is 11.3 Å². The van der Waals surface area contributed by atoms with E-state index in [-0.39, 0.29) is 12.5 Å². The van der Waals surface area contributed by atoms with Crippen LogP contribution in [0.2, 0.25) is 0 Å². The summed E-state index contributed by atoms with van der Waals surface area (Å²) in [6, 6.07) is 7.67. The topological polar surface area (TPSA) is 51.9 Å². The maximum Gasteiger partial charge on any atom is 0.249 e. The Kier molecular flexibility index (Phi) is 6.46.